The van der Waals surface area contributed by atoms with Crippen LogP contribution in [0, 0.1) is 5.92 Å². The average molecular weight is 482 g/mol. The van der Waals surface area contributed by atoms with Gasteiger partial charge in [0.05, 0.1) is 15.1 Å². The van der Waals surface area contributed by atoms with E-state index >= 15 is 0 Å². The molecule has 0 aromatic rings. The van der Waals surface area contributed by atoms with E-state index in [2.05, 4.69) is 60.9 Å². The fourth-order valence-corrected chi connectivity index (χ4v) is 8.93. The maximum atomic E-state index is 8.97. The van der Waals surface area contributed by atoms with E-state index in [9.17, 15) is 0 Å². The molecule has 0 aromatic carbocycles. The lowest BCUT2D eigenvalue weighted by Crippen LogP contribution is -2.23. The van der Waals surface area contributed by atoms with Crippen molar-refractivity contribution in [1.82, 2.24) is 0 Å². The highest BCUT2D eigenvalue weighted by Gasteiger charge is 2.33. The monoisotopic (exact) mass is 481 g/mol. The van der Waals surface area contributed by atoms with Gasteiger partial charge in [0.15, 0.2) is 0 Å². The van der Waals surface area contributed by atoms with Crippen LogP contribution in [-0.2, 0) is 0 Å². The minimum Gasteiger partial charge on any atom is -0.398 e. The minimum absolute atomic E-state index is 0.165. The van der Waals surface area contributed by atoms with Gasteiger partial charge >= 0.3 is 0 Å². The van der Waals surface area contributed by atoms with Gasteiger partial charge in [0.2, 0.25) is 0 Å². The van der Waals surface area contributed by atoms with Crippen molar-refractivity contribution in [1.29, 1.82) is 0 Å². The lowest BCUT2D eigenvalue weighted by Gasteiger charge is -2.36. The van der Waals surface area contributed by atoms with E-state index in [0.717, 1.165) is 23.4 Å². The Morgan fingerprint density at radius 3 is 2.42 bits per heavy atom. The molecule has 6 aliphatic rings. The van der Waals surface area contributed by atoms with Crippen LogP contribution in [0.2, 0.25) is 0 Å². The largest absolute Gasteiger partial charge is 0.398 e. The molecule has 0 bridgehead atoms. The second-order valence-electron chi connectivity index (χ2n) is 7.54. The van der Waals surface area contributed by atoms with Crippen LogP contribution < -0.4 is 5.73 Å². The van der Waals surface area contributed by atoms with Crippen molar-refractivity contribution < 1.29 is 5.11 Å². The highest BCUT2D eigenvalue weighted by molar-refractivity contribution is 8.33. The molecule has 0 fully saturated rings. The molecule has 31 heavy (non-hydrogen) atoms. The van der Waals surface area contributed by atoms with Crippen molar-refractivity contribution in [3.8, 4) is 0 Å². The van der Waals surface area contributed by atoms with Gasteiger partial charge < -0.3 is 10.8 Å². The summed E-state index contributed by atoms with van der Waals surface area (Å²) in [4.78, 5) is 2.50. The van der Waals surface area contributed by atoms with E-state index in [0.29, 0.717) is 5.92 Å². The zero-order valence-corrected chi connectivity index (χ0v) is 20.4. The number of hydrogen-bond donors (Lipinski definition) is 2. The van der Waals surface area contributed by atoms with E-state index < -0.39 is 0 Å². The SMILES string of the molecule is CCC1=CS/C(=C2/SC=C(CO)S2)S1.NC1=CCC2=CC=C3C=CC=C4C=CC1=C2C43. The van der Waals surface area contributed by atoms with Gasteiger partial charge in [0.25, 0.3) is 0 Å². The highest BCUT2D eigenvalue weighted by Crippen LogP contribution is 2.55. The molecule has 3 N–H and O–H groups in total. The molecule has 0 aromatic heterocycles. The first-order valence-electron chi connectivity index (χ1n) is 10.3. The van der Waals surface area contributed by atoms with Crippen molar-refractivity contribution in [2.75, 3.05) is 6.61 Å². The van der Waals surface area contributed by atoms with Gasteiger partial charge in [-0.1, -0.05) is 103 Å². The lowest BCUT2D eigenvalue weighted by molar-refractivity contribution is 0.340. The molecular formula is C25H23NOS4. The number of allylic oxidation sites excluding steroid dienone is 13. The molecule has 0 spiro atoms. The first kappa shape index (κ1) is 21.4. The summed E-state index contributed by atoms with van der Waals surface area (Å²) in [7, 11) is 0. The zero-order valence-electron chi connectivity index (χ0n) is 17.1. The van der Waals surface area contributed by atoms with Gasteiger partial charge in [0, 0.05) is 22.1 Å². The summed E-state index contributed by atoms with van der Waals surface area (Å²) in [6.45, 7) is 2.34. The van der Waals surface area contributed by atoms with Crippen LogP contribution in [0.5, 0.6) is 0 Å². The molecular weight excluding hydrogens is 459 g/mol. The predicted molar refractivity (Wildman–Crippen MR) is 141 cm³/mol. The third-order valence-electron chi connectivity index (χ3n) is 5.65. The molecule has 2 aliphatic heterocycles. The highest BCUT2D eigenvalue weighted by atomic mass is 32.2. The van der Waals surface area contributed by atoms with E-state index in [1.165, 1.54) is 41.2 Å². The van der Waals surface area contributed by atoms with Crippen molar-refractivity contribution in [3.05, 3.63) is 111 Å². The minimum atomic E-state index is 0.165. The summed E-state index contributed by atoms with van der Waals surface area (Å²) < 4.78 is 2.69. The Morgan fingerprint density at radius 1 is 0.968 bits per heavy atom. The van der Waals surface area contributed by atoms with E-state index in [1.807, 2.05) is 28.9 Å². The first-order valence-corrected chi connectivity index (χ1v) is 13.7. The Balaban J connectivity index is 0.000000135. The van der Waals surface area contributed by atoms with Crippen LogP contribution in [0.25, 0.3) is 0 Å². The van der Waals surface area contributed by atoms with E-state index in [1.54, 1.807) is 23.5 Å². The van der Waals surface area contributed by atoms with Crippen molar-refractivity contribution in [3.63, 3.8) is 0 Å². The predicted octanol–water partition coefficient (Wildman–Crippen LogP) is 7.24. The van der Waals surface area contributed by atoms with E-state index in [-0.39, 0.29) is 6.61 Å². The summed E-state index contributed by atoms with van der Waals surface area (Å²) in [6, 6.07) is 0. The molecule has 0 saturated heterocycles. The van der Waals surface area contributed by atoms with Gasteiger partial charge in [-0.25, -0.2) is 0 Å². The van der Waals surface area contributed by atoms with Crippen LogP contribution in [0.4, 0.5) is 0 Å². The van der Waals surface area contributed by atoms with Gasteiger partial charge in [-0.05, 0) is 50.9 Å². The molecule has 6 rings (SSSR count). The van der Waals surface area contributed by atoms with Crippen molar-refractivity contribution in [2.45, 2.75) is 19.8 Å². The standard InChI is InChI=1S/C16H13N.C9H10OS4/c17-14-9-7-12-5-4-10-2-1-3-11-6-8-13(14)16(12)15(10)11;1-2-6-4-11-8(13-6)9-12-5-7(3-10)14-9/h1-6,8-9,15H,7,17H2;4-5,10H,2-3H2,1H3/b;9-8+. The van der Waals surface area contributed by atoms with Crippen LogP contribution in [0.1, 0.15) is 19.8 Å². The molecule has 158 valence electrons. The van der Waals surface area contributed by atoms with Crippen molar-refractivity contribution in [2.24, 2.45) is 11.7 Å². The smallest absolute Gasteiger partial charge is 0.0749 e. The number of aliphatic hydroxyl groups excluding tert-OH is 1. The van der Waals surface area contributed by atoms with Crippen LogP contribution in [-0.4, -0.2) is 11.7 Å². The number of thioether (sulfide) groups is 4. The first-order chi connectivity index (χ1) is 15.2. The third-order valence-corrected chi connectivity index (χ3v) is 11.1. The summed E-state index contributed by atoms with van der Waals surface area (Å²) in [6.07, 6.45) is 19.6. The molecule has 1 unspecified atom stereocenters. The molecule has 1 atom stereocenters. The average Bonchev–Trinajstić information content (AvgIpc) is 3.48. The fraction of sp³-hybridized carbons (Fsp3) is 0.200. The van der Waals surface area contributed by atoms with Gasteiger partial charge in [-0.3, -0.25) is 0 Å². The number of rotatable bonds is 2. The number of hydrogen-bond acceptors (Lipinski definition) is 6. The molecule has 0 saturated carbocycles. The zero-order chi connectivity index (χ0) is 21.4. The Labute approximate surface area is 200 Å². The summed E-state index contributed by atoms with van der Waals surface area (Å²) >= 11 is 7.11. The van der Waals surface area contributed by atoms with Gasteiger partial charge in [-0.15, -0.1) is 0 Å². The maximum absolute atomic E-state index is 8.97. The second-order valence-corrected chi connectivity index (χ2v) is 12.1. The Hall–Kier alpha value is -1.44. The molecule has 2 heterocycles. The molecule has 6 heteroatoms. The summed E-state index contributed by atoms with van der Waals surface area (Å²) in [5.74, 6) is 0.423. The quantitative estimate of drug-likeness (QED) is 0.434. The molecule has 2 nitrogen and oxygen atoms in total. The molecule has 4 aliphatic carbocycles. The normalized spacial score (nSPS) is 27.5. The summed E-state index contributed by atoms with van der Waals surface area (Å²) in [5, 5.41) is 13.2. The molecule has 0 radical (unpaired) electrons. The number of nitrogens with two attached hydrogens (primary N) is 1. The second kappa shape index (κ2) is 9.20. The van der Waals surface area contributed by atoms with Crippen molar-refractivity contribution >= 4 is 47.0 Å². The number of aliphatic hydroxyl groups is 1. The Kier molecular flexibility index (Phi) is 6.35. The lowest BCUT2D eigenvalue weighted by atomic mass is 9.68. The van der Waals surface area contributed by atoms with Gasteiger partial charge in [-0.2, -0.15) is 0 Å². The van der Waals surface area contributed by atoms with Crippen LogP contribution in [0.3, 0.4) is 0 Å². The summed E-state index contributed by atoms with van der Waals surface area (Å²) in [5.41, 5.74) is 13.9. The maximum Gasteiger partial charge on any atom is 0.0749 e. The topological polar surface area (TPSA) is 46.2 Å². The fourth-order valence-electron chi connectivity index (χ4n) is 4.10. The van der Waals surface area contributed by atoms with E-state index in [4.69, 9.17) is 10.8 Å². The van der Waals surface area contributed by atoms with Crippen LogP contribution in [0.15, 0.2) is 111 Å². The van der Waals surface area contributed by atoms with Crippen LogP contribution >= 0.6 is 47.0 Å². The Morgan fingerprint density at radius 2 is 1.71 bits per heavy atom. The molecule has 0 amide bonds. The Bertz CT molecular complexity index is 1110. The third kappa shape index (κ3) is 4.16. The van der Waals surface area contributed by atoms with Gasteiger partial charge in [0.1, 0.15) is 0 Å².